The number of nitrogens with zero attached hydrogens (tertiary/aromatic N) is 4. The highest BCUT2D eigenvalue weighted by Crippen LogP contribution is 2.64. The predicted molar refractivity (Wildman–Crippen MR) is 155 cm³/mol. The Labute approximate surface area is 250 Å². The predicted octanol–water partition coefficient (Wildman–Crippen LogP) is 5.80. The molecule has 214 valence electrons. The molecule has 4 atom stereocenters. The van der Waals surface area contributed by atoms with Crippen molar-refractivity contribution in [2.45, 2.75) is 49.7 Å². The van der Waals surface area contributed by atoms with E-state index in [0.717, 1.165) is 23.9 Å². The van der Waals surface area contributed by atoms with Crippen molar-refractivity contribution in [3.8, 4) is 0 Å². The Hall–Kier alpha value is -3.53. The first kappa shape index (κ1) is 26.1. The molecule has 4 aliphatic rings. The van der Waals surface area contributed by atoms with Crippen LogP contribution < -0.4 is 5.32 Å². The Kier molecular flexibility index (Phi) is 5.59. The van der Waals surface area contributed by atoms with Crippen LogP contribution in [0.5, 0.6) is 0 Å². The van der Waals surface area contributed by atoms with Gasteiger partial charge in [-0.05, 0) is 61.1 Å². The molecule has 1 saturated heterocycles. The van der Waals surface area contributed by atoms with Gasteiger partial charge < -0.3 is 10.1 Å². The number of aryl methyl sites for hydroxylation is 1. The van der Waals surface area contributed by atoms with Crippen molar-refractivity contribution in [2.75, 3.05) is 19.0 Å². The molecule has 8 nitrogen and oxygen atoms in total. The lowest BCUT2D eigenvalue weighted by atomic mass is 9.74. The molecule has 42 heavy (non-hydrogen) atoms. The van der Waals surface area contributed by atoms with Gasteiger partial charge in [-0.2, -0.15) is 5.10 Å². The van der Waals surface area contributed by atoms with Crippen LogP contribution in [0, 0.1) is 18.7 Å². The second-order valence-corrected chi connectivity index (χ2v) is 12.5. The van der Waals surface area contributed by atoms with Crippen LogP contribution in [0.15, 0.2) is 42.5 Å². The van der Waals surface area contributed by atoms with Crippen molar-refractivity contribution in [2.24, 2.45) is 5.92 Å². The third-order valence-corrected chi connectivity index (χ3v) is 10.2. The molecule has 2 aromatic carbocycles. The monoisotopic (exact) mass is 605 g/mol. The second-order valence-electron chi connectivity index (χ2n) is 11.7. The fraction of sp³-hybridized carbons (Fsp3) is 0.355. The minimum absolute atomic E-state index is 0.00452. The molecule has 2 aromatic heterocycles. The summed E-state index contributed by atoms with van der Waals surface area (Å²) in [7, 11) is 1.35. The van der Waals surface area contributed by atoms with Gasteiger partial charge in [0.15, 0.2) is 0 Å². The zero-order valence-corrected chi connectivity index (χ0v) is 24.3. The number of esters is 1. The largest absolute Gasteiger partial charge is 0.465 e. The standard InChI is InChI=1S/C31H26Cl2FN5O3/c1-14-16(29(40)42-2)8-9-17-21-12-22-27(39(21)37-26(14)17)24(18-4-3-5-20(32)25(18)34)31(38(22)13-15-6-7-15)19-10-11-23(33)35-28(19)36-30(31)41/h3-5,8-11,15,22,24,27H,6-7,12-13H2,1-2H3,(H,35,36,41)/t22-,24-,27+,31+/m0/s1. The summed E-state index contributed by atoms with van der Waals surface area (Å²) in [6.45, 7) is 2.54. The third-order valence-electron chi connectivity index (χ3n) is 9.67. The molecule has 1 aliphatic carbocycles. The lowest BCUT2D eigenvalue weighted by molar-refractivity contribution is -0.128. The van der Waals surface area contributed by atoms with Gasteiger partial charge in [0, 0.05) is 41.6 Å². The summed E-state index contributed by atoms with van der Waals surface area (Å²) in [6.07, 6.45) is 2.77. The highest BCUT2D eigenvalue weighted by molar-refractivity contribution is 6.31. The second kappa shape index (κ2) is 8.99. The molecule has 2 fully saturated rings. The van der Waals surface area contributed by atoms with Crippen molar-refractivity contribution >= 4 is 51.8 Å². The lowest BCUT2D eigenvalue weighted by Crippen LogP contribution is -2.53. The number of ether oxygens (including phenoxy) is 1. The Bertz CT molecular complexity index is 1860. The summed E-state index contributed by atoms with van der Waals surface area (Å²) >= 11 is 12.6. The number of halogens is 3. The number of fused-ring (bicyclic) bond motifs is 7. The average molecular weight is 606 g/mol. The van der Waals surface area contributed by atoms with Gasteiger partial charge in [-0.25, -0.2) is 14.2 Å². The summed E-state index contributed by atoms with van der Waals surface area (Å²) in [5, 5.41) is 9.26. The molecule has 1 saturated carbocycles. The van der Waals surface area contributed by atoms with Gasteiger partial charge >= 0.3 is 5.97 Å². The van der Waals surface area contributed by atoms with Crippen molar-refractivity contribution in [1.82, 2.24) is 19.7 Å². The van der Waals surface area contributed by atoms with Gasteiger partial charge in [0.2, 0.25) is 0 Å². The number of benzene rings is 2. The summed E-state index contributed by atoms with van der Waals surface area (Å²) in [4.78, 5) is 33.6. The van der Waals surface area contributed by atoms with Gasteiger partial charge in [0.1, 0.15) is 22.3 Å². The maximum absolute atomic E-state index is 16.1. The third kappa shape index (κ3) is 3.33. The Balaban J connectivity index is 1.41. The number of hydrogen-bond donors (Lipinski definition) is 1. The maximum Gasteiger partial charge on any atom is 0.338 e. The fourth-order valence-corrected chi connectivity index (χ4v) is 8.08. The molecule has 0 radical (unpaired) electrons. The fourth-order valence-electron chi connectivity index (χ4n) is 7.75. The molecule has 1 spiro atoms. The number of rotatable bonds is 4. The van der Waals surface area contributed by atoms with E-state index in [2.05, 4.69) is 15.2 Å². The van der Waals surface area contributed by atoms with Gasteiger partial charge in [-0.1, -0.05) is 41.4 Å². The minimum Gasteiger partial charge on any atom is -0.465 e. The normalized spacial score (nSPS) is 26.0. The summed E-state index contributed by atoms with van der Waals surface area (Å²) in [5.74, 6) is -1.08. The van der Waals surface area contributed by atoms with Crippen molar-refractivity contribution < 1.29 is 18.7 Å². The quantitative estimate of drug-likeness (QED) is 0.234. The van der Waals surface area contributed by atoms with E-state index in [0.29, 0.717) is 52.5 Å². The van der Waals surface area contributed by atoms with E-state index >= 15 is 4.39 Å². The first-order valence-corrected chi connectivity index (χ1v) is 14.8. The van der Waals surface area contributed by atoms with Crippen LogP contribution in [-0.4, -0.2) is 51.2 Å². The number of carbonyl (C=O) groups is 2. The minimum atomic E-state index is -1.25. The van der Waals surface area contributed by atoms with E-state index in [1.807, 2.05) is 23.7 Å². The molecular weight excluding hydrogens is 580 g/mol. The van der Waals surface area contributed by atoms with E-state index in [-0.39, 0.29) is 22.1 Å². The molecule has 8 rings (SSSR count). The highest BCUT2D eigenvalue weighted by Gasteiger charge is 2.70. The van der Waals surface area contributed by atoms with Gasteiger partial charge in [-0.3, -0.25) is 14.4 Å². The van der Waals surface area contributed by atoms with Gasteiger partial charge in [0.05, 0.1) is 29.3 Å². The van der Waals surface area contributed by atoms with Crippen LogP contribution in [-0.2, 0) is 21.5 Å². The van der Waals surface area contributed by atoms with Gasteiger partial charge in [-0.15, -0.1) is 0 Å². The Morgan fingerprint density at radius 3 is 2.76 bits per heavy atom. The van der Waals surface area contributed by atoms with E-state index in [1.165, 1.54) is 13.2 Å². The zero-order valence-electron chi connectivity index (χ0n) is 22.8. The number of carbonyl (C=O) groups excluding carboxylic acids is 2. The van der Waals surface area contributed by atoms with Crippen LogP contribution in [0.4, 0.5) is 10.2 Å². The molecule has 1 amide bonds. The molecule has 0 unspecified atom stereocenters. The topological polar surface area (TPSA) is 89.4 Å². The summed E-state index contributed by atoms with van der Waals surface area (Å²) in [6, 6.07) is 11.6. The summed E-state index contributed by atoms with van der Waals surface area (Å²) in [5.41, 5.74) is 2.63. The number of amides is 1. The first-order valence-electron chi connectivity index (χ1n) is 14.0. The van der Waals surface area contributed by atoms with Crippen molar-refractivity contribution in [1.29, 1.82) is 0 Å². The molecule has 0 bridgehead atoms. The summed E-state index contributed by atoms with van der Waals surface area (Å²) < 4.78 is 23.1. The van der Waals surface area contributed by atoms with Crippen LogP contribution >= 0.6 is 23.2 Å². The Morgan fingerprint density at radius 2 is 2.00 bits per heavy atom. The molecule has 1 N–H and O–H groups in total. The molecule has 3 aliphatic heterocycles. The van der Waals surface area contributed by atoms with Crippen molar-refractivity contribution in [3.63, 3.8) is 0 Å². The number of likely N-dealkylation sites (tertiary alicyclic amines) is 1. The van der Waals surface area contributed by atoms with E-state index in [4.69, 9.17) is 33.0 Å². The number of methoxy groups -OCH3 is 1. The van der Waals surface area contributed by atoms with Crippen LogP contribution in [0.3, 0.4) is 0 Å². The van der Waals surface area contributed by atoms with Crippen molar-refractivity contribution in [3.05, 3.63) is 86.4 Å². The van der Waals surface area contributed by atoms with E-state index in [1.54, 1.807) is 24.3 Å². The van der Waals surface area contributed by atoms with Gasteiger partial charge in [0.25, 0.3) is 5.91 Å². The zero-order chi connectivity index (χ0) is 29.1. The highest BCUT2D eigenvalue weighted by atomic mass is 35.5. The SMILES string of the molecule is COC(=O)c1ccc2c3n(nc2c1C)[C@@H]1[C@H](C3)N(CC2CC2)[C@@]2(C(=O)Nc3nc(Cl)ccc32)[C@H]1c1cccc(Cl)c1F. The number of hydrogen-bond acceptors (Lipinski definition) is 6. The molecule has 5 heterocycles. The van der Waals surface area contributed by atoms with Crippen LogP contribution in [0.2, 0.25) is 10.2 Å². The first-order chi connectivity index (χ1) is 20.2. The molecular formula is C31H26Cl2FN5O3. The van der Waals surface area contributed by atoms with E-state index < -0.39 is 29.3 Å². The maximum atomic E-state index is 16.1. The smallest absolute Gasteiger partial charge is 0.338 e. The van der Waals surface area contributed by atoms with E-state index in [9.17, 15) is 9.59 Å². The Morgan fingerprint density at radius 1 is 1.19 bits per heavy atom. The average Bonchev–Trinajstić information content (AvgIpc) is 3.40. The number of pyridine rings is 1. The molecule has 11 heteroatoms. The molecule has 4 aromatic rings. The lowest BCUT2D eigenvalue weighted by Gasteiger charge is -2.40. The number of aromatic nitrogens is 3. The van der Waals surface area contributed by atoms with Crippen LogP contribution in [0.1, 0.15) is 57.5 Å². The number of nitrogens with one attached hydrogen (secondary N) is 1. The van der Waals surface area contributed by atoms with Crippen LogP contribution in [0.25, 0.3) is 10.9 Å². The number of anilines is 1.